The number of ether oxygens (including phenoxy) is 1. The van der Waals surface area contributed by atoms with E-state index in [1.807, 2.05) is 0 Å². The minimum atomic E-state index is -1.15. The first-order valence-electron chi connectivity index (χ1n) is 10.0. The van der Waals surface area contributed by atoms with Gasteiger partial charge in [-0.05, 0) is 29.7 Å². The number of halogens is 4. The van der Waals surface area contributed by atoms with E-state index in [-0.39, 0.29) is 35.2 Å². The van der Waals surface area contributed by atoms with Gasteiger partial charge >= 0.3 is 0 Å². The molecule has 4 aromatic rings. The number of aromatic amines is 1. The Bertz CT molecular complexity index is 1490. The largest absolute Gasteiger partial charge is 0.373 e. The molecule has 170 valence electrons. The Balaban J connectivity index is 1.64. The van der Waals surface area contributed by atoms with Crippen molar-refractivity contribution >= 4 is 27.6 Å². The zero-order valence-corrected chi connectivity index (χ0v) is 17.5. The maximum absolute atomic E-state index is 14.1. The monoisotopic (exact) mass is 459 g/mol. The quantitative estimate of drug-likeness (QED) is 0.462. The van der Waals surface area contributed by atoms with Gasteiger partial charge in [0, 0.05) is 36.6 Å². The maximum Gasteiger partial charge on any atom is 0.270 e. The van der Waals surface area contributed by atoms with Gasteiger partial charge in [-0.25, -0.2) is 17.6 Å². The zero-order valence-electron chi connectivity index (χ0n) is 17.5. The number of benzene rings is 2. The maximum atomic E-state index is 14.1. The smallest absolute Gasteiger partial charge is 0.270 e. The third kappa shape index (κ3) is 3.20. The summed E-state index contributed by atoms with van der Waals surface area (Å²) < 4.78 is 62.1. The highest BCUT2D eigenvalue weighted by molar-refractivity contribution is 5.98. The van der Waals surface area contributed by atoms with Crippen LogP contribution in [0.3, 0.4) is 0 Å². The van der Waals surface area contributed by atoms with Gasteiger partial charge in [-0.3, -0.25) is 9.59 Å². The number of amides is 1. The lowest BCUT2D eigenvalue weighted by molar-refractivity contribution is 0.0319. The van der Waals surface area contributed by atoms with Gasteiger partial charge in [0.2, 0.25) is 0 Å². The SMILES string of the molecule is CN(C(=O)c1cc2cc(F)c(F)cc2[nH]1)[C@H]1COCc2c1c1cc(F)c(F)cc1c(=O)n2C. The number of hydrogen-bond acceptors (Lipinski definition) is 3. The van der Waals surface area contributed by atoms with Crippen LogP contribution >= 0.6 is 0 Å². The summed E-state index contributed by atoms with van der Waals surface area (Å²) in [4.78, 5) is 30.1. The van der Waals surface area contributed by atoms with Gasteiger partial charge < -0.3 is 19.2 Å². The number of fused-ring (bicyclic) bond motifs is 4. The van der Waals surface area contributed by atoms with Gasteiger partial charge in [0.25, 0.3) is 11.5 Å². The first kappa shape index (κ1) is 21.2. The fraction of sp³-hybridized carbons (Fsp3) is 0.217. The molecule has 10 heteroatoms. The van der Waals surface area contributed by atoms with E-state index in [1.165, 1.54) is 29.6 Å². The fourth-order valence-corrected chi connectivity index (χ4v) is 4.36. The number of hydrogen-bond donors (Lipinski definition) is 1. The number of carbonyl (C=O) groups excluding carboxylic acids is 1. The second-order valence-electron chi connectivity index (χ2n) is 8.02. The minimum absolute atomic E-state index is 0.0144. The van der Waals surface area contributed by atoms with Crippen LogP contribution in [0.5, 0.6) is 0 Å². The number of nitrogens with one attached hydrogen (secondary N) is 1. The van der Waals surface area contributed by atoms with Gasteiger partial charge in [-0.2, -0.15) is 0 Å². The molecule has 1 amide bonds. The number of nitrogens with zero attached hydrogens (tertiary/aromatic N) is 2. The van der Waals surface area contributed by atoms with Crippen molar-refractivity contribution in [3.8, 4) is 0 Å². The molecular weight excluding hydrogens is 442 g/mol. The molecule has 2 aromatic heterocycles. The van der Waals surface area contributed by atoms with Crippen LogP contribution in [0.25, 0.3) is 21.7 Å². The number of aromatic nitrogens is 2. The molecule has 3 heterocycles. The number of likely N-dealkylation sites (N-methyl/N-ethyl adjacent to an activating group) is 1. The highest BCUT2D eigenvalue weighted by atomic mass is 19.2. The lowest BCUT2D eigenvalue weighted by atomic mass is 9.95. The Labute approximate surface area is 184 Å². The third-order valence-electron chi connectivity index (χ3n) is 6.13. The normalized spacial score (nSPS) is 15.8. The van der Waals surface area contributed by atoms with Gasteiger partial charge in [-0.1, -0.05) is 0 Å². The topological polar surface area (TPSA) is 67.3 Å². The summed E-state index contributed by atoms with van der Waals surface area (Å²) in [6.07, 6.45) is 0. The third-order valence-corrected chi connectivity index (χ3v) is 6.13. The van der Waals surface area contributed by atoms with Crippen molar-refractivity contribution in [2.24, 2.45) is 7.05 Å². The molecule has 0 saturated heterocycles. The van der Waals surface area contributed by atoms with E-state index in [0.717, 1.165) is 24.3 Å². The Hall–Kier alpha value is -3.66. The van der Waals surface area contributed by atoms with E-state index in [9.17, 15) is 27.2 Å². The van der Waals surface area contributed by atoms with Crippen molar-refractivity contribution in [1.82, 2.24) is 14.5 Å². The van der Waals surface area contributed by atoms with Crippen molar-refractivity contribution in [2.45, 2.75) is 12.6 Å². The van der Waals surface area contributed by atoms with Crippen LogP contribution in [-0.2, 0) is 18.4 Å². The van der Waals surface area contributed by atoms with Crippen LogP contribution in [0.4, 0.5) is 17.6 Å². The highest BCUT2D eigenvalue weighted by Gasteiger charge is 2.33. The molecule has 6 nitrogen and oxygen atoms in total. The summed E-state index contributed by atoms with van der Waals surface area (Å²) in [5.74, 6) is -4.86. The van der Waals surface area contributed by atoms with E-state index in [2.05, 4.69) is 4.98 Å². The molecule has 1 N–H and O–H groups in total. The zero-order chi connectivity index (χ0) is 23.6. The Morgan fingerprint density at radius 1 is 1.03 bits per heavy atom. The Morgan fingerprint density at radius 3 is 2.39 bits per heavy atom. The summed E-state index contributed by atoms with van der Waals surface area (Å²) in [7, 11) is 2.99. The molecule has 2 aromatic carbocycles. The molecule has 5 rings (SSSR count). The second kappa shape index (κ2) is 7.45. The molecule has 33 heavy (non-hydrogen) atoms. The van der Waals surface area contributed by atoms with Crippen LogP contribution < -0.4 is 5.56 Å². The molecule has 0 fully saturated rings. The van der Waals surface area contributed by atoms with Crippen LogP contribution in [0, 0.1) is 23.3 Å². The van der Waals surface area contributed by atoms with Crippen LogP contribution in [0.1, 0.15) is 27.8 Å². The second-order valence-corrected chi connectivity index (χ2v) is 8.02. The Morgan fingerprint density at radius 2 is 1.67 bits per heavy atom. The van der Waals surface area contributed by atoms with Crippen molar-refractivity contribution in [2.75, 3.05) is 13.7 Å². The summed E-state index contributed by atoms with van der Waals surface area (Å²) in [6, 6.07) is 4.41. The predicted molar refractivity (Wildman–Crippen MR) is 112 cm³/mol. The first-order chi connectivity index (χ1) is 15.7. The number of pyridine rings is 1. The molecule has 0 saturated carbocycles. The summed E-state index contributed by atoms with van der Waals surface area (Å²) in [5.41, 5.74) is 0.726. The summed E-state index contributed by atoms with van der Waals surface area (Å²) in [5, 5.41) is 0.497. The van der Waals surface area contributed by atoms with Crippen molar-refractivity contribution in [3.05, 3.63) is 80.9 Å². The first-order valence-corrected chi connectivity index (χ1v) is 10.0. The molecule has 0 spiro atoms. The van der Waals surface area contributed by atoms with Crippen LogP contribution in [-0.4, -0.2) is 34.0 Å². The van der Waals surface area contributed by atoms with Gasteiger partial charge in [0.05, 0.1) is 30.3 Å². The summed E-state index contributed by atoms with van der Waals surface area (Å²) in [6.45, 7) is 0.102. The van der Waals surface area contributed by atoms with E-state index < -0.39 is 40.8 Å². The van der Waals surface area contributed by atoms with E-state index >= 15 is 0 Å². The average molecular weight is 459 g/mol. The van der Waals surface area contributed by atoms with Crippen LogP contribution in [0.2, 0.25) is 0 Å². The standard InChI is InChI=1S/C23H17F4N3O3/c1-29-19-8-33-9-20(21(19)11-5-14(25)15(26)6-12(11)22(29)31)30(2)23(32)18-4-10-3-13(24)16(27)7-17(10)28-18/h3-7,20,28H,8-9H2,1-2H3/t20-/m0/s1. The van der Waals surface area contributed by atoms with Gasteiger partial charge in [0.1, 0.15) is 5.69 Å². The lowest BCUT2D eigenvalue weighted by Gasteiger charge is -2.34. The number of rotatable bonds is 2. The van der Waals surface area contributed by atoms with Crippen molar-refractivity contribution in [3.63, 3.8) is 0 Å². The molecular formula is C23H17F4N3O3. The average Bonchev–Trinajstić information content (AvgIpc) is 3.20. The van der Waals surface area contributed by atoms with Crippen molar-refractivity contribution in [1.29, 1.82) is 0 Å². The van der Waals surface area contributed by atoms with Gasteiger partial charge in [0.15, 0.2) is 23.3 Å². The molecule has 1 aliphatic rings. The molecule has 0 aliphatic carbocycles. The predicted octanol–water partition coefficient (Wildman–Crippen LogP) is 3.92. The lowest BCUT2D eigenvalue weighted by Crippen LogP contribution is -2.39. The number of carbonyl (C=O) groups is 1. The van der Waals surface area contributed by atoms with Crippen molar-refractivity contribution < 1.29 is 27.1 Å². The molecule has 0 unspecified atom stereocenters. The van der Waals surface area contributed by atoms with E-state index in [0.29, 0.717) is 16.6 Å². The molecule has 1 aliphatic heterocycles. The van der Waals surface area contributed by atoms with E-state index in [1.54, 1.807) is 0 Å². The highest BCUT2D eigenvalue weighted by Crippen LogP contribution is 2.35. The molecule has 1 atom stereocenters. The van der Waals surface area contributed by atoms with Gasteiger partial charge in [-0.15, -0.1) is 0 Å². The molecule has 0 radical (unpaired) electrons. The fourth-order valence-electron chi connectivity index (χ4n) is 4.36. The number of H-pyrrole nitrogens is 1. The summed E-state index contributed by atoms with van der Waals surface area (Å²) >= 11 is 0. The Kier molecular flexibility index (Phi) is 4.78. The van der Waals surface area contributed by atoms with E-state index in [4.69, 9.17) is 4.74 Å². The van der Waals surface area contributed by atoms with Crippen LogP contribution in [0.15, 0.2) is 35.1 Å². The minimum Gasteiger partial charge on any atom is -0.373 e. The molecule has 0 bridgehead atoms.